The van der Waals surface area contributed by atoms with Crippen molar-refractivity contribution in [3.8, 4) is 17.2 Å². The molecule has 0 fully saturated rings. The number of benzene rings is 3. The summed E-state index contributed by atoms with van der Waals surface area (Å²) in [5.41, 5.74) is 3.82. The first-order valence-electron chi connectivity index (χ1n) is 17.1. The van der Waals surface area contributed by atoms with Crippen molar-refractivity contribution in [1.29, 1.82) is 0 Å². The van der Waals surface area contributed by atoms with Crippen LogP contribution in [0.25, 0.3) is 0 Å². The van der Waals surface area contributed by atoms with Gasteiger partial charge in [0.05, 0.1) is 19.8 Å². The topological polar surface area (TPSA) is 114 Å². The van der Waals surface area contributed by atoms with Gasteiger partial charge in [-0.05, 0) is 81.8 Å². The number of carbonyl (C=O) groups is 3. The first kappa shape index (κ1) is 37.3. The number of aliphatic carboxylic acids is 1. The zero-order valence-electron chi connectivity index (χ0n) is 30.2. The van der Waals surface area contributed by atoms with E-state index < -0.39 is 30.1 Å². The molecule has 0 aliphatic carbocycles. The summed E-state index contributed by atoms with van der Waals surface area (Å²) >= 11 is 0. The first-order chi connectivity index (χ1) is 23.0. The highest BCUT2D eigenvalue weighted by Crippen LogP contribution is 2.32. The molecule has 2 atom stereocenters. The maximum absolute atomic E-state index is 13.8. The molecule has 49 heavy (non-hydrogen) atoms. The number of amides is 2. The smallest absolute Gasteiger partial charge is 0.410 e. The third-order valence-electron chi connectivity index (χ3n) is 8.44. The molecule has 3 aromatic rings. The maximum Gasteiger partial charge on any atom is 0.410 e. The van der Waals surface area contributed by atoms with Gasteiger partial charge in [0.15, 0.2) is 0 Å². The minimum absolute atomic E-state index is 0.0257. The van der Waals surface area contributed by atoms with Crippen molar-refractivity contribution < 1.29 is 33.7 Å². The van der Waals surface area contributed by atoms with Gasteiger partial charge in [0.1, 0.15) is 29.3 Å². The largest absolute Gasteiger partial charge is 0.494 e. The Morgan fingerprint density at radius 2 is 1.51 bits per heavy atom. The Morgan fingerprint density at radius 3 is 2.10 bits per heavy atom. The zero-order valence-corrected chi connectivity index (χ0v) is 30.2. The summed E-state index contributed by atoms with van der Waals surface area (Å²) in [7, 11) is 0. The van der Waals surface area contributed by atoms with Crippen LogP contribution in [0, 0.1) is 11.3 Å². The zero-order chi connectivity index (χ0) is 35.9. The predicted octanol–water partition coefficient (Wildman–Crippen LogP) is 7.92. The number of rotatable bonds is 12. The first-order valence-corrected chi connectivity index (χ1v) is 17.1. The van der Waals surface area contributed by atoms with Crippen LogP contribution < -0.4 is 14.8 Å². The van der Waals surface area contributed by atoms with Gasteiger partial charge in [-0.3, -0.25) is 9.69 Å². The van der Waals surface area contributed by atoms with Gasteiger partial charge < -0.3 is 24.6 Å². The molecule has 1 aliphatic rings. The maximum atomic E-state index is 13.8. The summed E-state index contributed by atoms with van der Waals surface area (Å²) < 4.78 is 17.5. The molecule has 9 nitrogen and oxygen atoms in total. The lowest BCUT2D eigenvalue weighted by Gasteiger charge is -2.36. The number of carbonyl (C=O) groups excluding carboxylic acids is 2. The number of hydrogen-bond acceptors (Lipinski definition) is 6. The van der Waals surface area contributed by atoms with E-state index in [1.807, 2.05) is 68.4 Å². The molecule has 0 bridgehead atoms. The second-order valence-corrected chi connectivity index (χ2v) is 15.5. The lowest BCUT2D eigenvalue weighted by atomic mass is 9.87. The SMILES string of the molecule is CC(C)COC(=O)N1Cc2cc(Oc3ccc(C(C)(C)C)cc3)ccc2C[C@H]1C(=O)N[C@@H](Cc1ccc(OCCC(C)(C)C)cc1)C(=O)O. The van der Waals surface area contributed by atoms with Gasteiger partial charge in [-0.2, -0.15) is 0 Å². The minimum Gasteiger partial charge on any atom is -0.494 e. The van der Waals surface area contributed by atoms with Gasteiger partial charge in [0, 0.05) is 12.8 Å². The summed E-state index contributed by atoms with van der Waals surface area (Å²) in [6.07, 6.45) is 0.543. The highest BCUT2D eigenvalue weighted by molar-refractivity contribution is 5.90. The molecule has 0 saturated heterocycles. The molecule has 0 radical (unpaired) electrons. The molecule has 4 rings (SSSR count). The number of nitrogens with one attached hydrogen (secondary N) is 1. The summed E-state index contributed by atoms with van der Waals surface area (Å²) in [6.45, 7) is 17.7. The van der Waals surface area contributed by atoms with Crippen LogP contribution in [0.4, 0.5) is 4.79 Å². The van der Waals surface area contributed by atoms with Crippen molar-refractivity contribution >= 4 is 18.0 Å². The lowest BCUT2D eigenvalue weighted by molar-refractivity contribution is -0.142. The van der Waals surface area contributed by atoms with Crippen LogP contribution in [0.3, 0.4) is 0 Å². The van der Waals surface area contributed by atoms with Gasteiger partial charge in [-0.25, -0.2) is 9.59 Å². The van der Waals surface area contributed by atoms with E-state index in [1.165, 1.54) is 10.5 Å². The molecule has 3 aromatic carbocycles. The molecular formula is C40H52N2O7. The van der Waals surface area contributed by atoms with Crippen LogP contribution in [0.2, 0.25) is 0 Å². The molecule has 0 aromatic heterocycles. The molecule has 0 saturated carbocycles. The Balaban J connectivity index is 1.48. The fourth-order valence-corrected chi connectivity index (χ4v) is 5.43. The van der Waals surface area contributed by atoms with Crippen LogP contribution in [0.5, 0.6) is 17.2 Å². The second-order valence-electron chi connectivity index (χ2n) is 15.5. The summed E-state index contributed by atoms with van der Waals surface area (Å²) in [4.78, 5) is 40.8. The van der Waals surface area contributed by atoms with E-state index in [1.54, 1.807) is 12.1 Å². The molecule has 9 heteroatoms. The van der Waals surface area contributed by atoms with Crippen molar-refractivity contribution in [2.45, 2.75) is 98.7 Å². The van der Waals surface area contributed by atoms with E-state index in [-0.39, 0.29) is 42.7 Å². The number of fused-ring (bicyclic) bond motifs is 1. The van der Waals surface area contributed by atoms with Crippen LogP contribution in [0.15, 0.2) is 66.7 Å². The van der Waals surface area contributed by atoms with E-state index in [4.69, 9.17) is 14.2 Å². The molecular weight excluding hydrogens is 620 g/mol. The third kappa shape index (κ3) is 11.0. The van der Waals surface area contributed by atoms with Gasteiger partial charge in [-0.15, -0.1) is 0 Å². The summed E-state index contributed by atoms with van der Waals surface area (Å²) in [5, 5.41) is 12.8. The lowest BCUT2D eigenvalue weighted by Crippen LogP contribution is -2.56. The molecule has 264 valence electrons. The average Bonchev–Trinajstić information content (AvgIpc) is 3.02. The molecule has 0 unspecified atom stereocenters. The fourth-order valence-electron chi connectivity index (χ4n) is 5.43. The van der Waals surface area contributed by atoms with Crippen LogP contribution >= 0.6 is 0 Å². The Labute approximate surface area is 290 Å². The van der Waals surface area contributed by atoms with Crippen molar-refractivity contribution in [2.24, 2.45) is 11.3 Å². The van der Waals surface area contributed by atoms with Crippen molar-refractivity contribution in [3.05, 3.63) is 89.0 Å². The molecule has 0 spiro atoms. The number of ether oxygens (including phenoxy) is 3. The standard InChI is InChI=1S/C40H52N2O7/c1-26(2)25-48-38(46)42-24-29-22-33(49-32-17-12-30(13-18-32)40(6,7)8)16-11-28(29)23-35(42)36(43)41-34(37(44)45)21-27-9-14-31(15-10-27)47-20-19-39(3,4)5/h9-18,22,26,34-35H,19-21,23-25H2,1-8H3,(H,41,43)(H,44,45)/t34-,35-/m0/s1. The number of carboxylic acids is 1. The predicted molar refractivity (Wildman–Crippen MR) is 190 cm³/mol. The quantitative estimate of drug-likeness (QED) is 0.201. The Hall–Kier alpha value is -4.53. The Morgan fingerprint density at radius 1 is 0.878 bits per heavy atom. The van der Waals surface area contributed by atoms with Gasteiger partial charge in [0.25, 0.3) is 0 Å². The van der Waals surface area contributed by atoms with E-state index in [2.05, 4.69) is 46.9 Å². The van der Waals surface area contributed by atoms with E-state index in [0.29, 0.717) is 23.9 Å². The van der Waals surface area contributed by atoms with Crippen molar-refractivity contribution in [2.75, 3.05) is 13.2 Å². The molecule has 1 heterocycles. The van der Waals surface area contributed by atoms with Gasteiger partial charge in [0.2, 0.25) is 5.91 Å². The summed E-state index contributed by atoms with van der Waals surface area (Å²) in [5.74, 6) is 0.382. The highest BCUT2D eigenvalue weighted by atomic mass is 16.6. The normalized spacial score (nSPS) is 15.3. The number of hydrogen-bond donors (Lipinski definition) is 2. The van der Waals surface area contributed by atoms with Crippen molar-refractivity contribution in [3.63, 3.8) is 0 Å². The van der Waals surface area contributed by atoms with Gasteiger partial charge >= 0.3 is 12.1 Å². The van der Waals surface area contributed by atoms with Crippen molar-refractivity contribution in [1.82, 2.24) is 10.2 Å². The minimum atomic E-state index is -1.20. The van der Waals surface area contributed by atoms with E-state index >= 15 is 0 Å². The molecule has 1 aliphatic heterocycles. The molecule has 2 amide bonds. The number of carboxylic acid groups (broad SMARTS) is 1. The number of nitrogens with zero attached hydrogens (tertiary/aromatic N) is 1. The summed E-state index contributed by atoms with van der Waals surface area (Å²) in [6, 6.07) is 18.7. The van der Waals surface area contributed by atoms with Crippen LogP contribution in [0.1, 0.15) is 84.1 Å². The Kier molecular flexibility index (Phi) is 12.0. The second kappa shape index (κ2) is 15.8. The average molecular weight is 673 g/mol. The Bertz CT molecular complexity index is 1580. The van der Waals surface area contributed by atoms with E-state index in [0.717, 1.165) is 23.1 Å². The fraction of sp³-hybridized carbons (Fsp3) is 0.475. The van der Waals surface area contributed by atoms with Gasteiger partial charge in [-0.1, -0.05) is 85.7 Å². The van der Waals surface area contributed by atoms with Crippen LogP contribution in [-0.2, 0) is 39.1 Å². The van der Waals surface area contributed by atoms with Crippen LogP contribution in [-0.4, -0.2) is 53.3 Å². The third-order valence-corrected chi connectivity index (χ3v) is 8.44. The molecule has 2 N–H and O–H groups in total. The van der Waals surface area contributed by atoms with E-state index in [9.17, 15) is 19.5 Å². The monoisotopic (exact) mass is 672 g/mol. The highest BCUT2D eigenvalue weighted by Gasteiger charge is 2.37.